The topological polar surface area (TPSA) is 84.9 Å². The Morgan fingerprint density at radius 3 is 2.57 bits per heavy atom. The highest BCUT2D eigenvalue weighted by Crippen LogP contribution is 2.36. The number of sulfonamides is 1. The van der Waals surface area contributed by atoms with E-state index in [0.29, 0.717) is 17.2 Å². The van der Waals surface area contributed by atoms with Gasteiger partial charge in [0.05, 0.1) is 18.0 Å². The molecule has 0 spiro atoms. The third-order valence-corrected chi connectivity index (χ3v) is 6.72. The second kappa shape index (κ2) is 8.18. The highest BCUT2D eigenvalue weighted by Gasteiger charge is 2.24. The van der Waals surface area contributed by atoms with Gasteiger partial charge in [-0.3, -0.25) is 9.10 Å². The fourth-order valence-electron chi connectivity index (χ4n) is 3.96. The summed E-state index contributed by atoms with van der Waals surface area (Å²) in [6.45, 7) is 1.69. The molecular formula is C22H26N2O5S. The van der Waals surface area contributed by atoms with Crippen LogP contribution >= 0.6 is 0 Å². The third kappa shape index (κ3) is 4.38. The molecule has 2 aromatic rings. The number of fused-ring (bicyclic) bond motifs is 2. The first-order chi connectivity index (χ1) is 14.3. The third-order valence-electron chi connectivity index (χ3n) is 5.58. The predicted octanol–water partition coefficient (Wildman–Crippen LogP) is 2.94. The number of hydrogen-bond acceptors (Lipinski definition) is 5. The number of amides is 1. The van der Waals surface area contributed by atoms with Crippen molar-refractivity contribution in [1.82, 2.24) is 5.32 Å². The molecule has 1 aliphatic heterocycles. The predicted molar refractivity (Wildman–Crippen MR) is 114 cm³/mol. The summed E-state index contributed by atoms with van der Waals surface area (Å²) in [6.07, 6.45) is 5.67. The van der Waals surface area contributed by atoms with E-state index in [1.165, 1.54) is 24.0 Å². The van der Waals surface area contributed by atoms with E-state index in [1.54, 1.807) is 18.2 Å². The van der Waals surface area contributed by atoms with E-state index >= 15 is 0 Å². The second-order valence-corrected chi connectivity index (χ2v) is 9.74. The zero-order chi connectivity index (χ0) is 21.3. The van der Waals surface area contributed by atoms with Gasteiger partial charge in [0, 0.05) is 6.07 Å². The van der Waals surface area contributed by atoms with Gasteiger partial charge in [-0.15, -0.1) is 0 Å². The van der Waals surface area contributed by atoms with Crippen LogP contribution in [0.25, 0.3) is 0 Å². The maximum absolute atomic E-state index is 12.7. The Hall–Kier alpha value is -2.74. The van der Waals surface area contributed by atoms with Gasteiger partial charge in [-0.25, -0.2) is 8.42 Å². The fraction of sp³-hybridized carbons (Fsp3) is 0.409. The van der Waals surface area contributed by atoms with Gasteiger partial charge in [-0.1, -0.05) is 18.2 Å². The molecule has 2 aromatic carbocycles. The molecule has 0 bridgehead atoms. The quantitative estimate of drug-likeness (QED) is 0.762. The lowest BCUT2D eigenvalue weighted by atomic mass is 9.89. The number of nitrogens with zero attached hydrogens (tertiary/aromatic N) is 1. The smallest absolute Gasteiger partial charge is 0.241 e. The number of nitrogens with one attached hydrogen (secondary N) is 1. The molecule has 0 saturated heterocycles. The van der Waals surface area contributed by atoms with E-state index in [2.05, 4.69) is 17.4 Å². The van der Waals surface area contributed by atoms with Crippen molar-refractivity contribution in [2.75, 3.05) is 23.9 Å². The van der Waals surface area contributed by atoms with Gasteiger partial charge in [0.1, 0.15) is 6.54 Å². The fourth-order valence-corrected chi connectivity index (χ4v) is 4.81. The number of carbonyl (C=O) groups excluding carboxylic acids is 1. The summed E-state index contributed by atoms with van der Waals surface area (Å²) in [7, 11) is -3.67. The number of carbonyl (C=O) groups is 1. The van der Waals surface area contributed by atoms with Crippen LogP contribution in [-0.2, 0) is 27.7 Å². The van der Waals surface area contributed by atoms with Crippen LogP contribution in [-0.4, -0.2) is 33.9 Å². The Balaban J connectivity index is 1.48. The number of hydrogen-bond donors (Lipinski definition) is 1. The Morgan fingerprint density at radius 2 is 1.80 bits per heavy atom. The average Bonchev–Trinajstić information content (AvgIpc) is 3.18. The molecule has 1 amide bonds. The van der Waals surface area contributed by atoms with Crippen LogP contribution in [0.5, 0.6) is 11.5 Å². The van der Waals surface area contributed by atoms with Crippen molar-refractivity contribution >= 4 is 21.6 Å². The van der Waals surface area contributed by atoms with Crippen LogP contribution in [0, 0.1) is 0 Å². The van der Waals surface area contributed by atoms with Crippen molar-refractivity contribution in [2.45, 2.75) is 38.6 Å². The maximum atomic E-state index is 12.7. The van der Waals surface area contributed by atoms with Crippen LogP contribution in [0.4, 0.5) is 5.69 Å². The Bertz CT molecular complexity index is 1070. The van der Waals surface area contributed by atoms with Gasteiger partial charge < -0.3 is 14.8 Å². The minimum Gasteiger partial charge on any atom is -0.454 e. The number of aryl methyl sites for hydroxylation is 2. The summed E-state index contributed by atoms with van der Waals surface area (Å²) in [5, 5.41) is 2.93. The minimum atomic E-state index is -3.67. The summed E-state index contributed by atoms with van der Waals surface area (Å²) in [6, 6.07) is 10.9. The Labute approximate surface area is 177 Å². The molecule has 0 aromatic heterocycles. The van der Waals surface area contributed by atoms with Crippen molar-refractivity contribution < 1.29 is 22.7 Å². The molecular weight excluding hydrogens is 404 g/mol. The van der Waals surface area contributed by atoms with Crippen LogP contribution < -0.4 is 19.1 Å². The van der Waals surface area contributed by atoms with Crippen LogP contribution in [0.3, 0.4) is 0 Å². The van der Waals surface area contributed by atoms with Crippen LogP contribution in [0.15, 0.2) is 36.4 Å². The Kier molecular flexibility index (Phi) is 5.60. The van der Waals surface area contributed by atoms with Crippen molar-refractivity contribution in [3.05, 3.63) is 53.1 Å². The molecule has 1 heterocycles. The summed E-state index contributed by atoms with van der Waals surface area (Å²) in [5.41, 5.74) is 4.11. The molecule has 1 N–H and O–H groups in total. The van der Waals surface area contributed by atoms with Gasteiger partial charge in [-0.05, 0) is 61.4 Å². The largest absolute Gasteiger partial charge is 0.454 e. The lowest BCUT2D eigenvalue weighted by Crippen LogP contribution is -2.41. The first-order valence-corrected chi connectivity index (χ1v) is 11.9. The number of rotatable bonds is 6. The van der Waals surface area contributed by atoms with E-state index in [4.69, 9.17) is 9.47 Å². The number of benzene rings is 2. The summed E-state index contributed by atoms with van der Waals surface area (Å²) in [4.78, 5) is 12.7. The molecule has 8 heteroatoms. The van der Waals surface area contributed by atoms with E-state index in [0.717, 1.165) is 29.0 Å². The zero-order valence-electron chi connectivity index (χ0n) is 17.2. The van der Waals surface area contributed by atoms with E-state index < -0.39 is 10.0 Å². The molecule has 160 valence electrons. The minimum absolute atomic E-state index is 0.0937. The van der Waals surface area contributed by atoms with Crippen molar-refractivity contribution in [2.24, 2.45) is 0 Å². The lowest BCUT2D eigenvalue weighted by molar-refractivity contribution is -0.120. The molecule has 7 nitrogen and oxygen atoms in total. The molecule has 1 atom stereocenters. The van der Waals surface area contributed by atoms with Crippen molar-refractivity contribution in [3.63, 3.8) is 0 Å². The molecule has 0 saturated carbocycles. The first kappa shape index (κ1) is 20.5. The summed E-state index contributed by atoms with van der Waals surface area (Å²) >= 11 is 0. The summed E-state index contributed by atoms with van der Waals surface area (Å²) < 4.78 is 36.4. The van der Waals surface area contributed by atoms with Gasteiger partial charge in [-0.2, -0.15) is 0 Å². The molecule has 0 radical (unpaired) electrons. The number of ether oxygens (including phenoxy) is 2. The zero-order valence-corrected chi connectivity index (χ0v) is 18.0. The number of anilines is 1. The highest BCUT2D eigenvalue weighted by molar-refractivity contribution is 7.92. The van der Waals surface area contributed by atoms with Crippen LogP contribution in [0.2, 0.25) is 0 Å². The second-order valence-electron chi connectivity index (χ2n) is 7.83. The monoisotopic (exact) mass is 430 g/mol. The van der Waals surface area contributed by atoms with Gasteiger partial charge in [0.2, 0.25) is 22.7 Å². The average molecular weight is 431 g/mol. The molecule has 1 aliphatic carbocycles. The highest BCUT2D eigenvalue weighted by atomic mass is 32.2. The molecule has 4 rings (SSSR count). The molecule has 1 unspecified atom stereocenters. The van der Waals surface area contributed by atoms with Crippen molar-refractivity contribution in [1.29, 1.82) is 0 Å². The van der Waals surface area contributed by atoms with E-state index in [9.17, 15) is 13.2 Å². The Morgan fingerprint density at radius 1 is 1.07 bits per heavy atom. The lowest BCUT2D eigenvalue weighted by Gasteiger charge is -2.24. The summed E-state index contributed by atoms with van der Waals surface area (Å²) in [5.74, 6) is 0.644. The maximum Gasteiger partial charge on any atom is 0.241 e. The van der Waals surface area contributed by atoms with E-state index in [1.807, 2.05) is 13.0 Å². The van der Waals surface area contributed by atoms with Crippen molar-refractivity contribution in [3.8, 4) is 11.5 Å². The molecule has 30 heavy (non-hydrogen) atoms. The molecule has 2 aliphatic rings. The first-order valence-electron chi connectivity index (χ1n) is 10.1. The standard InChI is InChI=1S/C22H26N2O5S/c1-15(17-8-7-16-5-3-4-6-18(16)11-17)23-22(25)13-24(30(2,26)27)19-9-10-20-21(12-19)29-14-28-20/h7-12,15H,3-6,13-14H2,1-2H3,(H,23,25). The SMILES string of the molecule is CC(NC(=O)CN(c1ccc2c(c1)OCO2)S(C)(=O)=O)c1ccc2c(c1)CCCC2. The van der Waals surface area contributed by atoms with Crippen LogP contribution in [0.1, 0.15) is 42.5 Å². The van der Waals surface area contributed by atoms with Gasteiger partial charge in [0.15, 0.2) is 11.5 Å². The normalized spacial score (nSPS) is 15.9. The van der Waals surface area contributed by atoms with Gasteiger partial charge in [0.25, 0.3) is 0 Å². The van der Waals surface area contributed by atoms with Gasteiger partial charge >= 0.3 is 0 Å². The molecule has 0 fully saturated rings. The van der Waals surface area contributed by atoms with E-state index in [-0.39, 0.29) is 25.3 Å².